The Hall–Kier alpha value is -0.610. The van der Waals surface area contributed by atoms with E-state index >= 15 is 0 Å². The Morgan fingerprint density at radius 3 is 2.40 bits per heavy atom. The molecule has 1 amide bonds. The fraction of sp³-hybridized carbons (Fsp3) is 0.909. The van der Waals surface area contributed by atoms with Crippen LogP contribution >= 0.6 is 0 Å². The fourth-order valence-corrected chi connectivity index (χ4v) is 1.12. The van der Waals surface area contributed by atoms with Gasteiger partial charge in [-0.1, -0.05) is 20.8 Å². The first-order chi connectivity index (χ1) is 7.02. The summed E-state index contributed by atoms with van der Waals surface area (Å²) in [6, 6.07) is -0.358. The van der Waals surface area contributed by atoms with E-state index in [4.69, 9.17) is 10.5 Å². The second kappa shape index (κ2) is 7.65. The fourth-order valence-electron chi connectivity index (χ4n) is 1.12. The highest BCUT2D eigenvalue weighted by molar-refractivity contribution is 5.81. The molecule has 90 valence electrons. The van der Waals surface area contributed by atoms with Crippen LogP contribution in [0.1, 0.15) is 34.1 Å². The molecule has 2 unspecified atom stereocenters. The normalized spacial score (nSPS) is 15.1. The molecule has 0 bridgehead atoms. The first-order valence-electron chi connectivity index (χ1n) is 5.66. The highest BCUT2D eigenvalue weighted by Gasteiger charge is 2.19. The van der Waals surface area contributed by atoms with Crippen molar-refractivity contribution in [1.82, 2.24) is 5.32 Å². The summed E-state index contributed by atoms with van der Waals surface area (Å²) < 4.78 is 5.32. The van der Waals surface area contributed by atoms with Gasteiger partial charge in [0, 0.05) is 6.61 Å². The molecule has 2 atom stereocenters. The molecular formula is C11H24N2O2. The molecule has 0 aliphatic heterocycles. The number of carbonyl (C=O) groups excluding carboxylic acids is 1. The van der Waals surface area contributed by atoms with Crippen molar-refractivity contribution in [3.63, 3.8) is 0 Å². The third-order valence-electron chi connectivity index (χ3n) is 2.41. The van der Waals surface area contributed by atoms with Crippen LogP contribution in [-0.4, -0.2) is 31.2 Å². The second-order valence-corrected chi connectivity index (χ2v) is 4.03. The molecule has 3 N–H and O–H groups in total. The molecule has 4 nitrogen and oxygen atoms in total. The number of hydrogen-bond acceptors (Lipinski definition) is 3. The van der Waals surface area contributed by atoms with E-state index < -0.39 is 6.04 Å². The van der Waals surface area contributed by atoms with Crippen LogP contribution in [0.5, 0.6) is 0 Å². The van der Waals surface area contributed by atoms with E-state index in [0.717, 1.165) is 0 Å². The zero-order valence-electron chi connectivity index (χ0n) is 10.2. The minimum Gasteiger partial charge on any atom is -0.380 e. The van der Waals surface area contributed by atoms with E-state index in [9.17, 15) is 4.79 Å². The average molecular weight is 216 g/mol. The average Bonchev–Trinajstić information content (AvgIpc) is 2.22. The molecule has 0 rings (SSSR count). The summed E-state index contributed by atoms with van der Waals surface area (Å²) in [6.45, 7) is 9.17. The summed E-state index contributed by atoms with van der Waals surface area (Å²) in [6.07, 6.45) is 0.658. The summed E-state index contributed by atoms with van der Waals surface area (Å²) in [5.74, 6) is 0.264. The van der Waals surface area contributed by atoms with Crippen molar-refractivity contribution >= 4 is 5.91 Å². The molecule has 0 aliphatic carbocycles. The van der Waals surface area contributed by atoms with Gasteiger partial charge in [0.15, 0.2) is 0 Å². The van der Waals surface area contributed by atoms with Crippen molar-refractivity contribution in [2.24, 2.45) is 11.7 Å². The number of amides is 1. The van der Waals surface area contributed by atoms with Crippen molar-refractivity contribution in [1.29, 1.82) is 0 Å². The third-order valence-corrected chi connectivity index (χ3v) is 2.41. The smallest absolute Gasteiger partial charge is 0.237 e. The van der Waals surface area contributed by atoms with Gasteiger partial charge in [0.1, 0.15) is 0 Å². The van der Waals surface area contributed by atoms with Gasteiger partial charge < -0.3 is 15.8 Å². The minimum atomic E-state index is -0.409. The maximum atomic E-state index is 11.6. The molecule has 0 aromatic rings. The van der Waals surface area contributed by atoms with Crippen molar-refractivity contribution < 1.29 is 9.53 Å². The molecule has 0 aromatic heterocycles. The van der Waals surface area contributed by atoms with Gasteiger partial charge in [-0.05, 0) is 19.3 Å². The maximum Gasteiger partial charge on any atom is 0.237 e. The Kier molecular flexibility index (Phi) is 7.34. The zero-order chi connectivity index (χ0) is 11.8. The molecule has 0 spiro atoms. The van der Waals surface area contributed by atoms with Crippen molar-refractivity contribution in [2.45, 2.75) is 46.2 Å². The summed E-state index contributed by atoms with van der Waals surface area (Å²) in [5, 5.41) is 2.91. The third kappa shape index (κ3) is 5.74. The summed E-state index contributed by atoms with van der Waals surface area (Å²) in [4.78, 5) is 11.6. The molecule has 0 fully saturated rings. The number of rotatable bonds is 7. The number of ether oxygens (including phenoxy) is 1. The standard InChI is InChI=1S/C11H24N2O2/c1-5-9(12)11(14)13-10(8(3)4)7-15-6-2/h8-10H,5-7,12H2,1-4H3,(H,13,14). The lowest BCUT2D eigenvalue weighted by molar-refractivity contribution is -0.124. The minimum absolute atomic E-state index is 0.0510. The van der Waals surface area contributed by atoms with Crippen LogP contribution in [0.4, 0.5) is 0 Å². The Labute approximate surface area is 92.6 Å². The molecule has 0 aliphatic rings. The molecule has 4 heteroatoms. The Morgan fingerprint density at radius 2 is 2.00 bits per heavy atom. The van der Waals surface area contributed by atoms with E-state index in [-0.39, 0.29) is 11.9 Å². The summed E-state index contributed by atoms with van der Waals surface area (Å²) >= 11 is 0. The molecule has 0 saturated heterocycles. The first-order valence-corrected chi connectivity index (χ1v) is 5.66. The lowest BCUT2D eigenvalue weighted by Gasteiger charge is -2.23. The summed E-state index contributed by atoms with van der Waals surface area (Å²) in [5.41, 5.74) is 5.64. The second-order valence-electron chi connectivity index (χ2n) is 4.03. The van der Waals surface area contributed by atoms with Gasteiger partial charge in [-0.3, -0.25) is 4.79 Å². The number of carbonyl (C=O) groups is 1. The monoisotopic (exact) mass is 216 g/mol. The maximum absolute atomic E-state index is 11.6. The van der Waals surface area contributed by atoms with Gasteiger partial charge in [-0.25, -0.2) is 0 Å². The zero-order valence-corrected chi connectivity index (χ0v) is 10.2. The van der Waals surface area contributed by atoms with Crippen molar-refractivity contribution in [3.8, 4) is 0 Å². The van der Waals surface area contributed by atoms with Crippen LogP contribution in [0.15, 0.2) is 0 Å². The van der Waals surface area contributed by atoms with Gasteiger partial charge >= 0.3 is 0 Å². The van der Waals surface area contributed by atoms with Crippen molar-refractivity contribution in [2.75, 3.05) is 13.2 Å². The predicted molar refractivity (Wildman–Crippen MR) is 61.5 cm³/mol. The highest BCUT2D eigenvalue weighted by Crippen LogP contribution is 2.03. The predicted octanol–water partition coefficient (Wildman–Crippen LogP) is 0.901. The highest BCUT2D eigenvalue weighted by atomic mass is 16.5. The number of nitrogens with one attached hydrogen (secondary N) is 1. The van der Waals surface area contributed by atoms with Crippen LogP contribution < -0.4 is 11.1 Å². The van der Waals surface area contributed by atoms with Crippen molar-refractivity contribution in [3.05, 3.63) is 0 Å². The van der Waals surface area contributed by atoms with E-state index in [1.165, 1.54) is 0 Å². The van der Waals surface area contributed by atoms with Crippen LogP contribution in [-0.2, 0) is 9.53 Å². The van der Waals surface area contributed by atoms with E-state index in [0.29, 0.717) is 25.6 Å². The topological polar surface area (TPSA) is 64.3 Å². The van der Waals surface area contributed by atoms with Gasteiger partial charge in [-0.15, -0.1) is 0 Å². The Morgan fingerprint density at radius 1 is 1.40 bits per heavy atom. The number of nitrogens with two attached hydrogens (primary N) is 1. The van der Waals surface area contributed by atoms with Crippen LogP contribution in [0, 0.1) is 5.92 Å². The van der Waals surface area contributed by atoms with E-state index in [1.807, 2.05) is 13.8 Å². The molecule has 0 radical (unpaired) electrons. The van der Waals surface area contributed by atoms with Gasteiger partial charge in [0.05, 0.1) is 18.7 Å². The molecular weight excluding hydrogens is 192 g/mol. The van der Waals surface area contributed by atoms with E-state index in [1.54, 1.807) is 0 Å². The molecule has 15 heavy (non-hydrogen) atoms. The van der Waals surface area contributed by atoms with Crippen LogP contribution in [0.25, 0.3) is 0 Å². The lowest BCUT2D eigenvalue weighted by atomic mass is 10.0. The molecule has 0 heterocycles. The Balaban J connectivity index is 4.09. The quantitative estimate of drug-likeness (QED) is 0.664. The van der Waals surface area contributed by atoms with Crippen LogP contribution in [0.3, 0.4) is 0 Å². The SMILES string of the molecule is CCOCC(NC(=O)C(N)CC)C(C)C. The first kappa shape index (κ1) is 14.4. The van der Waals surface area contributed by atoms with Crippen LogP contribution in [0.2, 0.25) is 0 Å². The number of hydrogen-bond donors (Lipinski definition) is 2. The van der Waals surface area contributed by atoms with E-state index in [2.05, 4.69) is 19.2 Å². The van der Waals surface area contributed by atoms with Gasteiger partial charge in [0.25, 0.3) is 0 Å². The summed E-state index contributed by atoms with van der Waals surface area (Å²) in [7, 11) is 0. The van der Waals surface area contributed by atoms with Gasteiger partial charge in [-0.2, -0.15) is 0 Å². The largest absolute Gasteiger partial charge is 0.380 e. The molecule has 0 saturated carbocycles. The molecule has 0 aromatic carbocycles. The van der Waals surface area contributed by atoms with Gasteiger partial charge in [0.2, 0.25) is 5.91 Å². The Bertz CT molecular complexity index is 183. The lowest BCUT2D eigenvalue weighted by Crippen LogP contribution is -2.48.